The minimum absolute atomic E-state index is 0.134. The number of benzene rings is 1. The highest BCUT2D eigenvalue weighted by molar-refractivity contribution is 6.36. The molecule has 2 N–H and O–H groups in total. The summed E-state index contributed by atoms with van der Waals surface area (Å²) in [6, 6.07) is 5.94. The van der Waals surface area contributed by atoms with Gasteiger partial charge in [-0.2, -0.15) is 0 Å². The van der Waals surface area contributed by atoms with Crippen LogP contribution in [0.25, 0.3) is 0 Å². The molecule has 2 unspecified atom stereocenters. The van der Waals surface area contributed by atoms with E-state index in [9.17, 15) is 0 Å². The molecule has 0 amide bonds. The highest BCUT2D eigenvalue weighted by Crippen LogP contribution is 2.34. The van der Waals surface area contributed by atoms with Gasteiger partial charge in [-0.3, -0.25) is 5.43 Å². The first-order valence-corrected chi connectivity index (χ1v) is 6.02. The number of alkyl halides is 1. The second-order valence-electron chi connectivity index (χ2n) is 3.56. The van der Waals surface area contributed by atoms with Gasteiger partial charge in [-0.25, -0.2) is 5.43 Å². The molecule has 2 atom stereocenters. The Bertz CT molecular complexity index is 336. The van der Waals surface area contributed by atoms with Gasteiger partial charge in [-0.1, -0.05) is 29.3 Å². The van der Waals surface area contributed by atoms with E-state index < -0.39 is 0 Å². The van der Waals surface area contributed by atoms with Crippen LogP contribution in [0.5, 0.6) is 0 Å². The summed E-state index contributed by atoms with van der Waals surface area (Å²) in [6.07, 6.45) is 0.896. The topological polar surface area (TPSA) is 24.1 Å². The summed E-state index contributed by atoms with van der Waals surface area (Å²) < 4.78 is 0. The minimum Gasteiger partial charge on any atom is -0.253 e. The van der Waals surface area contributed by atoms with Crippen LogP contribution in [0.2, 0.25) is 10.0 Å². The van der Waals surface area contributed by atoms with Gasteiger partial charge in [-0.05, 0) is 18.6 Å². The fourth-order valence-electron chi connectivity index (χ4n) is 1.76. The van der Waals surface area contributed by atoms with Gasteiger partial charge in [0, 0.05) is 27.5 Å². The van der Waals surface area contributed by atoms with Gasteiger partial charge in [0.25, 0.3) is 0 Å². The molecule has 2 nitrogen and oxygen atoms in total. The van der Waals surface area contributed by atoms with Crippen molar-refractivity contribution in [2.24, 2.45) is 0 Å². The highest BCUT2D eigenvalue weighted by atomic mass is 35.5. The van der Waals surface area contributed by atoms with Crippen LogP contribution in [0, 0.1) is 0 Å². The van der Waals surface area contributed by atoms with Crippen molar-refractivity contribution in [1.82, 2.24) is 10.9 Å². The molecule has 1 heterocycles. The number of hydrogen-bond acceptors (Lipinski definition) is 2. The first-order chi connectivity index (χ1) is 7.22. The number of rotatable bonds is 2. The molecule has 1 aromatic carbocycles. The summed E-state index contributed by atoms with van der Waals surface area (Å²) in [5.74, 6) is 0.575. The average Bonchev–Trinajstić information content (AvgIpc) is 2.66. The van der Waals surface area contributed by atoms with Crippen LogP contribution in [0.15, 0.2) is 18.2 Å². The standard InChI is InChI=1S/C10H11Cl3N2/c11-5-6-4-9(15-14-6)10-7(12)2-1-3-8(10)13/h1-3,6,9,14-15H,4-5H2. The van der Waals surface area contributed by atoms with Crippen molar-refractivity contribution in [2.45, 2.75) is 18.5 Å². The first kappa shape index (κ1) is 11.5. The van der Waals surface area contributed by atoms with Crippen molar-refractivity contribution in [1.29, 1.82) is 0 Å². The van der Waals surface area contributed by atoms with E-state index in [0.717, 1.165) is 12.0 Å². The molecule has 1 fully saturated rings. The van der Waals surface area contributed by atoms with E-state index in [2.05, 4.69) is 10.9 Å². The molecule has 15 heavy (non-hydrogen) atoms. The van der Waals surface area contributed by atoms with Gasteiger partial charge in [0.1, 0.15) is 0 Å². The maximum atomic E-state index is 6.12. The Morgan fingerprint density at radius 2 is 1.87 bits per heavy atom. The molecule has 5 heteroatoms. The third-order valence-corrected chi connectivity index (χ3v) is 3.55. The predicted molar refractivity (Wildman–Crippen MR) is 64.6 cm³/mol. The molecular formula is C10H11Cl3N2. The zero-order valence-corrected chi connectivity index (χ0v) is 10.2. The molecule has 1 aliphatic heterocycles. The number of nitrogens with one attached hydrogen (secondary N) is 2. The van der Waals surface area contributed by atoms with Gasteiger partial charge in [-0.15, -0.1) is 11.6 Å². The summed E-state index contributed by atoms with van der Waals surface area (Å²) in [5.41, 5.74) is 7.21. The van der Waals surface area contributed by atoms with Gasteiger partial charge >= 0.3 is 0 Å². The van der Waals surface area contributed by atoms with Gasteiger partial charge in [0.15, 0.2) is 0 Å². The SMILES string of the molecule is ClCC1CC(c2c(Cl)cccc2Cl)NN1. The van der Waals surface area contributed by atoms with E-state index in [1.165, 1.54) is 0 Å². The lowest BCUT2D eigenvalue weighted by Gasteiger charge is -2.13. The van der Waals surface area contributed by atoms with Gasteiger partial charge < -0.3 is 0 Å². The Morgan fingerprint density at radius 1 is 1.20 bits per heavy atom. The van der Waals surface area contributed by atoms with Crippen molar-refractivity contribution in [2.75, 3.05) is 5.88 Å². The lowest BCUT2D eigenvalue weighted by Crippen LogP contribution is -2.31. The highest BCUT2D eigenvalue weighted by Gasteiger charge is 2.27. The molecule has 1 aliphatic rings. The normalized spacial score (nSPS) is 25.8. The Labute approximate surface area is 104 Å². The summed E-state index contributed by atoms with van der Waals surface area (Å²) in [6.45, 7) is 0. The van der Waals surface area contributed by atoms with Crippen molar-refractivity contribution in [3.05, 3.63) is 33.8 Å². The first-order valence-electron chi connectivity index (χ1n) is 4.73. The van der Waals surface area contributed by atoms with Crippen LogP contribution < -0.4 is 10.9 Å². The van der Waals surface area contributed by atoms with E-state index in [0.29, 0.717) is 15.9 Å². The molecule has 0 aliphatic carbocycles. The van der Waals surface area contributed by atoms with Gasteiger partial charge in [0.05, 0.1) is 6.04 Å². The summed E-state index contributed by atoms with van der Waals surface area (Å²) in [4.78, 5) is 0. The smallest absolute Gasteiger partial charge is 0.0507 e. The van der Waals surface area contributed by atoms with Crippen molar-refractivity contribution in [3.8, 4) is 0 Å². The fourth-order valence-corrected chi connectivity index (χ4v) is 2.62. The fraction of sp³-hybridized carbons (Fsp3) is 0.400. The summed E-state index contributed by atoms with van der Waals surface area (Å²) >= 11 is 18.0. The number of hydrogen-bond donors (Lipinski definition) is 2. The molecule has 82 valence electrons. The molecule has 1 saturated heterocycles. The maximum Gasteiger partial charge on any atom is 0.0507 e. The monoisotopic (exact) mass is 264 g/mol. The lowest BCUT2D eigenvalue weighted by molar-refractivity contribution is 0.562. The van der Waals surface area contributed by atoms with E-state index in [-0.39, 0.29) is 12.1 Å². The molecule has 0 saturated carbocycles. The zero-order valence-electron chi connectivity index (χ0n) is 7.93. The number of hydrazine groups is 1. The van der Waals surface area contributed by atoms with E-state index in [4.69, 9.17) is 34.8 Å². The zero-order chi connectivity index (χ0) is 10.8. The third-order valence-electron chi connectivity index (χ3n) is 2.52. The lowest BCUT2D eigenvalue weighted by atomic mass is 10.0. The largest absolute Gasteiger partial charge is 0.253 e. The predicted octanol–water partition coefficient (Wildman–Crippen LogP) is 3.14. The van der Waals surface area contributed by atoms with Crippen molar-refractivity contribution < 1.29 is 0 Å². The van der Waals surface area contributed by atoms with Crippen LogP contribution in [0.4, 0.5) is 0 Å². The third kappa shape index (κ3) is 2.40. The molecule has 0 aromatic heterocycles. The second-order valence-corrected chi connectivity index (χ2v) is 4.69. The number of halogens is 3. The van der Waals surface area contributed by atoms with Crippen LogP contribution in [0.3, 0.4) is 0 Å². The molecule has 0 bridgehead atoms. The Kier molecular flexibility index (Phi) is 3.75. The Hall–Kier alpha value is 0.01000. The van der Waals surface area contributed by atoms with Crippen LogP contribution >= 0.6 is 34.8 Å². The molecule has 2 rings (SSSR count). The molecule has 0 radical (unpaired) electrons. The van der Waals surface area contributed by atoms with E-state index in [1.807, 2.05) is 18.2 Å². The van der Waals surface area contributed by atoms with Gasteiger partial charge in [0.2, 0.25) is 0 Å². The van der Waals surface area contributed by atoms with E-state index in [1.54, 1.807) is 0 Å². The van der Waals surface area contributed by atoms with Crippen molar-refractivity contribution in [3.63, 3.8) is 0 Å². The molecule has 0 spiro atoms. The van der Waals surface area contributed by atoms with Crippen LogP contribution in [-0.2, 0) is 0 Å². The Balaban J connectivity index is 2.23. The maximum absolute atomic E-state index is 6.12. The Morgan fingerprint density at radius 3 is 2.40 bits per heavy atom. The second kappa shape index (κ2) is 4.89. The van der Waals surface area contributed by atoms with E-state index >= 15 is 0 Å². The minimum atomic E-state index is 0.134. The summed E-state index contributed by atoms with van der Waals surface area (Å²) in [7, 11) is 0. The summed E-state index contributed by atoms with van der Waals surface area (Å²) in [5, 5.41) is 1.38. The quantitative estimate of drug-likeness (QED) is 0.803. The van der Waals surface area contributed by atoms with Crippen molar-refractivity contribution >= 4 is 34.8 Å². The molecule has 1 aromatic rings. The van der Waals surface area contributed by atoms with Crippen LogP contribution in [0.1, 0.15) is 18.0 Å². The van der Waals surface area contributed by atoms with Crippen LogP contribution in [-0.4, -0.2) is 11.9 Å². The average molecular weight is 266 g/mol. The molecular weight excluding hydrogens is 254 g/mol.